The Labute approximate surface area is 211 Å². The largest absolute Gasteiger partial charge is 0.459 e. The molecule has 0 spiro atoms. The van der Waals surface area contributed by atoms with Gasteiger partial charge < -0.3 is 19.5 Å². The summed E-state index contributed by atoms with van der Waals surface area (Å²) in [6, 6.07) is 15.3. The minimum atomic E-state index is -4.32. The molecular weight excluding hydrogens is 504 g/mol. The Morgan fingerprint density at radius 3 is 2.08 bits per heavy atom. The number of hydrogen-bond donors (Lipinski definition) is 1. The third-order valence-electron chi connectivity index (χ3n) is 5.82. The predicted molar refractivity (Wildman–Crippen MR) is 129 cm³/mol. The van der Waals surface area contributed by atoms with Gasteiger partial charge in [0.15, 0.2) is 5.76 Å². The van der Waals surface area contributed by atoms with E-state index in [1.165, 1.54) is 76.7 Å². The summed E-state index contributed by atoms with van der Waals surface area (Å²) in [6.45, 7) is 0.252. The molecule has 0 saturated carbocycles. The lowest BCUT2D eigenvalue weighted by atomic mass is 10.1. The molecule has 1 aromatic heterocycles. The summed E-state index contributed by atoms with van der Waals surface area (Å²) in [5.41, 5.74) is 0.106. The number of rotatable bonds is 7. The molecular formula is C24H22N4O8S. The Kier molecular flexibility index (Phi) is 7.34. The Balaban J connectivity index is 1.50. The maximum Gasteiger partial charge on any atom is 0.288 e. The molecule has 0 unspecified atom stereocenters. The van der Waals surface area contributed by atoms with Crippen LogP contribution in [0.5, 0.6) is 0 Å². The van der Waals surface area contributed by atoms with Gasteiger partial charge in [-0.2, -0.15) is 0 Å². The lowest BCUT2D eigenvalue weighted by molar-refractivity contribution is -0.384. The van der Waals surface area contributed by atoms with E-state index in [1.54, 1.807) is 6.07 Å². The number of nitro benzene ring substituents is 1. The van der Waals surface area contributed by atoms with Crippen LogP contribution in [0.15, 0.2) is 82.3 Å². The summed E-state index contributed by atoms with van der Waals surface area (Å²) in [5, 5.41) is 11.2. The summed E-state index contributed by atoms with van der Waals surface area (Å²) in [5.74, 6) is -2.23. The Hall–Kier alpha value is -4.52. The van der Waals surface area contributed by atoms with Crippen molar-refractivity contribution in [2.24, 2.45) is 0 Å². The molecule has 0 radical (unpaired) electrons. The number of benzene rings is 2. The van der Waals surface area contributed by atoms with Gasteiger partial charge in [-0.25, -0.2) is 8.42 Å². The molecule has 0 bridgehead atoms. The second-order valence-corrected chi connectivity index (χ2v) is 10.1. The van der Waals surface area contributed by atoms with Gasteiger partial charge in [0.1, 0.15) is 0 Å². The molecule has 0 aliphatic carbocycles. The van der Waals surface area contributed by atoms with Crippen molar-refractivity contribution >= 4 is 33.2 Å². The first-order chi connectivity index (χ1) is 17.7. The van der Waals surface area contributed by atoms with E-state index in [4.69, 9.17) is 4.42 Å². The number of furan rings is 1. The zero-order chi connectivity index (χ0) is 26.6. The van der Waals surface area contributed by atoms with Crippen molar-refractivity contribution < 1.29 is 32.1 Å². The third-order valence-corrected chi connectivity index (χ3v) is 7.69. The number of non-ortho nitro benzene ring substituents is 1. The van der Waals surface area contributed by atoms with Gasteiger partial charge in [0.2, 0.25) is 15.2 Å². The minimum Gasteiger partial charge on any atom is -0.459 e. The average molecular weight is 527 g/mol. The summed E-state index contributed by atoms with van der Waals surface area (Å²) >= 11 is 0. The van der Waals surface area contributed by atoms with Crippen LogP contribution in [0.3, 0.4) is 0 Å². The normalized spacial score (nSPS) is 14.6. The van der Waals surface area contributed by atoms with E-state index >= 15 is 0 Å². The fourth-order valence-corrected chi connectivity index (χ4v) is 5.31. The lowest BCUT2D eigenvalue weighted by Crippen LogP contribution is -2.57. The van der Waals surface area contributed by atoms with Crippen molar-refractivity contribution in [3.8, 4) is 0 Å². The molecule has 1 aliphatic rings. The van der Waals surface area contributed by atoms with Crippen LogP contribution >= 0.6 is 0 Å². The van der Waals surface area contributed by atoms with Crippen LogP contribution in [0, 0.1) is 10.1 Å². The molecule has 2 heterocycles. The molecule has 1 atom stereocenters. The molecule has 4 rings (SSSR count). The van der Waals surface area contributed by atoms with Crippen LogP contribution in [-0.2, 0) is 14.6 Å². The number of carbonyl (C=O) groups excluding carboxylic acids is 3. The number of piperazine rings is 1. The van der Waals surface area contributed by atoms with Crippen molar-refractivity contribution in [2.75, 3.05) is 26.2 Å². The lowest BCUT2D eigenvalue weighted by Gasteiger charge is -2.36. The second-order valence-electron chi connectivity index (χ2n) is 8.11. The molecule has 1 aliphatic heterocycles. The van der Waals surface area contributed by atoms with Crippen LogP contribution in [0.25, 0.3) is 0 Å². The van der Waals surface area contributed by atoms with Crippen LogP contribution in [0.1, 0.15) is 20.9 Å². The number of hydrogen-bond acceptors (Lipinski definition) is 8. The number of amides is 3. The predicted octanol–water partition coefficient (Wildman–Crippen LogP) is 1.70. The molecule has 3 aromatic rings. The minimum absolute atomic E-state index is 0.0228. The highest BCUT2D eigenvalue weighted by Crippen LogP contribution is 2.19. The second kappa shape index (κ2) is 10.6. The summed E-state index contributed by atoms with van der Waals surface area (Å²) in [7, 11) is -4.32. The topological polar surface area (TPSA) is 160 Å². The third kappa shape index (κ3) is 5.51. The fraction of sp³-hybridized carbons (Fsp3) is 0.208. The van der Waals surface area contributed by atoms with Gasteiger partial charge in [0.05, 0.1) is 16.1 Å². The molecule has 1 fully saturated rings. The van der Waals surface area contributed by atoms with Crippen molar-refractivity contribution in [3.63, 3.8) is 0 Å². The van der Waals surface area contributed by atoms with Crippen LogP contribution in [-0.4, -0.2) is 72.4 Å². The summed E-state index contributed by atoms with van der Waals surface area (Å²) in [6.07, 6.45) is 1.25. The van der Waals surface area contributed by atoms with Gasteiger partial charge in [0, 0.05) is 43.9 Å². The van der Waals surface area contributed by atoms with Crippen molar-refractivity contribution in [1.29, 1.82) is 0 Å². The number of nitrogens with one attached hydrogen (secondary N) is 1. The van der Waals surface area contributed by atoms with Gasteiger partial charge >= 0.3 is 0 Å². The number of nitrogens with zero attached hydrogens (tertiary/aromatic N) is 3. The first-order valence-electron chi connectivity index (χ1n) is 11.1. The molecule has 1 N–H and O–H groups in total. The average Bonchev–Trinajstić information content (AvgIpc) is 3.47. The van der Waals surface area contributed by atoms with Gasteiger partial charge in [-0.3, -0.25) is 24.5 Å². The standard InChI is InChI=1S/C24H22N4O8S/c29-21(20-7-4-16-36-20)25-22(37(34,35)19-5-2-1-3-6-19)24(31)27-14-12-26(13-15-27)23(30)17-8-10-18(11-9-17)28(32)33/h1-11,16,22H,12-15H2,(H,25,29)/t22-/m1/s1. The van der Waals surface area contributed by atoms with E-state index in [-0.39, 0.29) is 54.0 Å². The number of sulfone groups is 1. The van der Waals surface area contributed by atoms with E-state index in [1.807, 2.05) is 0 Å². The zero-order valence-corrected chi connectivity index (χ0v) is 20.2. The number of carbonyl (C=O) groups is 3. The highest BCUT2D eigenvalue weighted by Gasteiger charge is 2.40. The Morgan fingerprint density at radius 2 is 1.51 bits per heavy atom. The Bertz CT molecular complexity index is 1400. The van der Waals surface area contributed by atoms with Crippen LogP contribution < -0.4 is 5.32 Å². The van der Waals surface area contributed by atoms with Gasteiger partial charge in [-0.1, -0.05) is 18.2 Å². The first kappa shape index (κ1) is 25.6. The molecule has 3 amide bonds. The highest BCUT2D eigenvalue weighted by atomic mass is 32.2. The molecule has 1 saturated heterocycles. The molecule has 2 aromatic carbocycles. The maximum atomic E-state index is 13.4. The summed E-state index contributed by atoms with van der Waals surface area (Å²) < 4.78 is 31.7. The van der Waals surface area contributed by atoms with E-state index in [0.29, 0.717) is 0 Å². The monoisotopic (exact) mass is 526 g/mol. The maximum absolute atomic E-state index is 13.4. The van der Waals surface area contributed by atoms with Crippen molar-refractivity contribution in [2.45, 2.75) is 10.3 Å². The number of nitro groups is 1. The molecule has 12 nitrogen and oxygen atoms in total. The molecule has 192 valence electrons. The van der Waals surface area contributed by atoms with Gasteiger partial charge in [0.25, 0.3) is 23.4 Å². The smallest absolute Gasteiger partial charge is 0.288 e. The first-order valence-corrected chi connectivity index (χ1v) is 12.7. The fourth-order valence-electron chi connectivity index (χ4n) is 3.82. The van der Waals surface area contributed by atoms with E-state index < -0.39 is 31.9 Å². The highest BCUT2D eigenvalue weighted by molar-refractivity contribution is 7.92. The van der Waals surface area contributed by atoms with Gasteiger partial charge in [-0.15, -0.1) is 0 Å². The van der Waals surface area contributed by atoms with E-state index in [0.717, 1.165) is 0 Å². The van der Waals surface area contributed by atoms with Gasteiger partial charge in [-0.05, 0) is 36.4 Å². The van der Waals surface area contributed by atoms with E-state index in [2.05, 4.69) is 5.32 Å². The molecule has 37 heavy (non-hydrogen) atoms. The SMILES string of the molecule is O=C(N[C@@H](C(=O)N1CCN(C(=O)c2ccc([N+](=O)[O-])cc2)CC1)S(=O)(=O)c1ccccc1)c1ccco1. The van der Waals surface area contributed by atoms with Crippen molar-refractivity contribution in [1.82, 2.24) is 15.1 Å². The van der Waals surface area contributed by atoms with Crippen molar-refractivity contribution in [3.05, 3.63) is 94.4 Å². The molecule has 13 heteroatoms. The quantitative estimate of drug-likeness (QED) is 0.360. The Morgan fingerprint density at radius 1 is 0.892 bits per heavy atom. The zero-order valence-electron chi connectivity index (χ0n) is 19.3. The van der Waals surface area contributed by atoms with E-state index in [9.17, 15) is 32.9 Å². The van der Waals surface area contributed by atoms with Crippen LogP contribution in [0.4, 0.5) is 5.69 Å². The van der Waals surface area contributed by atoms with Crippen LogP contribution in [0.2, 0.25) is 0 Å². The summed E-state index contributed by atoms with van der Waals surface area (Å²) in [4.78, 5) is 51.7.